The fourth-order valence-electron chi connectivity index (χ4n) is 2.10. The first-order chi connectivity index (χ1) is 7.20. The minimum Gasteiger partial charge on any atom is -0.334 e. The van der Waals surface area contributed by atoms with E-state index < -0.39 is 0 Å². The second-order valence-electron chi connectivity index (χ2n) is 4.04. The molecule has 1 aliphatic rings. The summed E-state index contributed by atoms with van der Waals surface area (Å²) in [6.07, 6.45) is 2.15. The smallest absolute Gasteiger partial charge is 0.239 e. The summed E-state index contributed by atoms with van der Waals surface area (Å²) in [4.78, 5) is 13.8. The van der Waals surface area contributed by atoms with Crippen molar-refractivity contribution >= 4 is 17.2 Å². The van der Waals surface area contributed by atoms with Gasteiger partial charge in [-0.15, -0.1) is 0 Å². The van der Waals surface area contributed by atoms with Crippen LogP contribution < -0.4 is 5.73 Å². The number of amides is 1. The van der Waals surface area contributed by atoms with Crippen LogP contribution in [-0.4, -0.2) is 23.4 Å². The molecule has 1 aromatic heterocycles. The van der Waals surface area contributed by atoms with E-state index in [9.17, 15) is 4.79 Å². The van der Waals surface area contributed by atoms with Crippen molar-refractivity contribution < 1.29 is 4.79 Å². The molecule has 1 unspecified atom stereocenters. The summed E-state index contributed by atoms with van der Waals surface area (Å²) in [7, 11) is 0. The molecule has 2 rings (SSSR count). The fourth-order valence-corrected chi connectivity index (χ4v) is 2.81. The summed E-state index contributed by atoms with van der Waals surface area (Å²) >= 11 is 1.68. The zero-order valence-electron chi connectivity index (χ0n) is 8.85. The van der Waals surface area contributed by atoms with E-state index in [0.29, 0.717) is 0 Å². The molecule has 4 heteroatoms. The third kappa shape index (κ3) is 2.06. The van der Waals surface area contributed by atoms with Crippen LogP contribution in [0.4, 0.5) is 0 Å². The zero-order valence-corrected chi connectivity index (χ0v) is 9.67. The van der Waals surface area contributed by atoms with Crippen molar-refractivity contribution in [2.24, 2.45) is 5.73 Å². The van der Waals surface area contributed by atoms with Gasteiger partial charge in [0, 0.05) is 6.54 Å². The lowest BCUT2D eigenvalue weighted by molar-refractivity contribution is -0.133. The van der Waals surface area contributed by atoms with Crippen LogP contribution in [0, 0.1) is 0 Å². The summed E-state index contributed by atoms with van der Waals surface area (Å²) in [5.74, 6) is 0.0729. The van der Waals surface area contributed by atoms with Crippen molar-refractivity contribution in [3.8, 4) is 0 Å². The highest BCUT2D eigenvalue weighted by molar-refractivity contribution is 7.07. The normalized spacial score (nSPS) is 23.1. The zero-order chi connectivity index (χ0) is 10.8. The minimum atomic E-state index is -0.385. The Morgan fingerprint density at radius 2 is 2.53 bits per heavy atom. The van der Waals surface area contributed by atoms with Gasteiger partial charge < -0.3 is 10.6 Å². The molecular weight excluding hydrogens is 208 g/mol. The predicted octanol–water partition coefficient (Wildman–Crippen LogP) is 1.76. The molecule has 0 saturated carbocycles. The Hall–Kier alpha value is -0.870. The van der Waals surface area contributed by atoms with E-state index in [2.05, 4.69) is 16.8 Å². The molecule has 15 heavy (non-hydrogen) atoms. The van der Waals surface area contributed by atoms with Gasteiger partial charge in [-0.05, 0) is 42.2 Å². The fraction of sp³-hybridized carbons (Fsp3) is 0.545. The van der Waals surface area contributed by atoms with Gasteiger partial charge in [-0.2, -0.15) is 11.3 Å². The first-order valence-electron chi connectivity index (χ1n) is 5.28. The van der Waals surface area contributed by atoms with Gasteiger partial charge in [0.1, 0.15) is 0 Å². The third-order valence-corrected chi connectivity index (χ3v) is 3.55. The maximum atomic E-state index is 11.9. The van der Waals surface area contributed by atoms with Crippen LogP contribution in [0.2, 0.25) is 0 Å². The summed E-state index contributed by atoms with van der Waals surface area (Å²) in [5, 5.41) is 4.18. The molecule has 1 saturated heterocycles. The van der Waals surface area contributed by atoms with Gasteiger partial charge >= 0.3 is 0 Å². The van der Waals surface area contributed by atoms with E-state index >= 15 is 0 Å². The molecule has 1 aromatic rings. The molecular formula is C11H16N2OS. The van der Waals surface area contributed by atoms with Gasteiger partial charge in [-0.3, -0.25) is 4.79 Å². The van der Waals surface area contributed by atoms with Gasteiger partial charge in [0.05, 0.1) is 12.1 Å². The maximum Gasteiger partial charge on any atom is 0.239 e. The molecule has 2 N–H and O–H groups in total. The molecule has 2 heterocycles. The second kappa shape index (κ2) is 4.33. The van der Waals surface area contributed by atoms with E-state index in [1.165, 1.54) is 5.56 Å². The number of likely N-dealkylation sites (tertiary alicyclic amines) is 1. The Morgan fingerprint density at radius 3 is 3.13 bits per heavy atom. The SMILES string of the molecule is C[C@H](N)C(=O)N1CCCC1c1ccsc1. The summed E-state index contributed by atoms with van der Waals surface area (Å²) in [5.41, 5.74) is 6.90. The average Bonchev–Trinajstić information content (AvgIpc) is 2.86. The van der Waals surface area contributed by atoms with Crippen LogP contribution in [-0.2, 0) is 4.79 Å². The quantitative estimate of drug-likeness (QED) is 0.832. The van der Waals surface area contributed by atoms with Crippen LogP contribution in [0.15, 0.2) is 16.8 Å². The predicted molar refractivity (Wildman–Crippen MR) is 61.7 cm³/mol. The standard InChI is InChI=1S/C11H16N2OS/c1-8(12)11(14)13-5-2-3-10(13)9-4-6-15-7-9/h4,6-8,10H,2-3,5,12H2,1H3/t8-,10?/m0/s1. The van der Waals surface area contributed by atoms with Gasteiger partial charge in [0.2, 0.25) is 5.91 Å². The van der Waals surface area contributed by atoms with Crippen LogP contribution in [0.1, 0.15) is 31.4 Å². The molecule has 0 spiro atoms. The van der Waals surface area contributed by atoms with E-state index in [1.807, 2.05) is 4.90 Å². The Balaban J connectivity index is 2.15. The summed E-state index contributed by atoms with van der Waals surface area (Å²) in [6, 6.07) is 1.97. The van der Waals surface area contributed by atoms with Gasteiger partial charge in [0.15, 0.2) is 0 Å². The Kier molecular flexibility index (Phi) is 3.07. The number of carbonyl (C=O) groups excluding carboxylic acids is 1. The summed E-state index contributed by atoms with van der Waals surface area (Å²) < 4.78 is 0. The van der Waals surface area contributed by atoms with Gasteiger partial charge in [-0.25, -0.2) is 0 Å². The number of hydrogen-bond acceptors (Lipinski definition) is 3. The lowest BCUT2D eigenvalue weighted by Gasteiger charge is -2.25. The number of rotatable bonds is 2. The van der Waals surface area contributed by atoms with Crippen LogP contribution in [0.25, 0.3) is 0 Å². The largest absolute Gasteiger partial charge is 0.334 e. The Labute approximate surface area is 93.9 Å². The molecule has 2 atom stereocenters. The van der Waals surface area contributed by atoms with Crippen molar-refractivity contribution in [1.29, 1.82) is 0 Å². The first-order valence-corrected chi connectivity index (χ1v) is 6.22. The molecule has 1 aliphatic heterocycles. The number of nitrogens with zero attached hydrogens (tertiary/aromatic N) is 1. The third-order valence-electron chi connectivity index (χ3n) is 2.85. The molecule has 0 bridgehead atoms. The number of thiophene rings is 1. The maximum absolute atomic E-state index is 11.9. The van der Waals surface area contributed by atoms with Crippen LogP contribution in [0.5, 0.6) is 0 Å². The Bertz CT molecular complexity index is 334. The summed E-state index contributed by atoms with van der Waals surface area (Å²) in [6.45, 7) is 2.60. The second-order valence-corrected chi connectivity index (χ2v) is 4.82. The average molecular weight is 224 g/mol. The molecule has 1 amide bonds. The molecule has 0 aromatic carbocycles. The number of carbonyl (C=O) groups is 1. The van der Waals surface area contributed by atoms with Crippen LogP contribution in [0.3, 0.4) is 0 Å². The van der Waals surface area contributed by atoms with E-state index in [4.69, 9.17) is 5.73 Å². The molecule has 82 valence electrons. The van der Waals surface area contributed by atoms with Crippen molar-refractivity contribution in [3.05, 3.63) is 22.4 Å². The molecule has 0 aliphatic carbocycles. The lowest BCUT2D eigenvalue weighted by atomic mass is 10.1. The van der Waals surface area contributed by atoms with Crippen molar-refractivity contribution in [1.82, 2.24) is 4.90 Å². The minimum absolute atomic E-state index is 0.0729. The molecule has 1 fully saturated rings. The van der Waals surface area contributed by atoms with Crippen molar-refractivity contribution in [3.63, 3.8) is 0 Å². The van der Waals surface area contributed by atoms with Gasteiger partial charge in [0.25, 0.3) is 0 Å². The monoisotopic (exact) mass is 224 g/mol. The molecule has 0 radical (unpaired) electrons. The highest BCUT2D eigenvalue weighted by Gasteiger charge is 2.31. The number of nitrogens with two attached hydrogens (primary N) is 1. The first kappa shape index (κ1) is 10.6. The van der Waals surface area contributed by atoms with E-state index in [1.54, 1.807) is 18.3 Å². The lowest BCUT2D eigenvalue weighted by Crippen LogP contribution is -2.41. The van der Waals surface area contributed by atoms with Crippen molar-refractivity contribution in [2.75, 3.05) is 6.54 Å². The van der Waals surface area contributed by atoms with Crippen molar-refractivity contribution in [2.45, 2.75) is 31.8 Å². The highest BCUT2D eigenvalue weighted by atomic mass is 32.1. The highest BCUT2D eigenvalue weighted by Crippen LogP contribution is 2.33. The topological polar surface area (TPSA) is 46.3 Å². The van der Waals surface area contributed by atoms with Gasteiger partial charge in [-0.1, -0.05) is 0 Å². The number of hydrogen-bond donors (Lipinski definition) is 1. The molecule has 3 nitrogen and oxygen atoms in total. The van der Waals surface area contributed by atoms with Crippen LogP contribution >= 0.6 is 11.3 Å². The Morgan fingerprint density at radius 1 is 1.73 bits per heavy atom. The van der Waals surface area contributed by atoms with E-state index in [0.717, 1.165) is 19.4 Å². The van der Waals surface area contributed by atoms with E-state index in [-0.39, 0.29) is 18.0 Å².